The van der Waals surface area contributed by atoms with Crippen molar-refractivity contribution in [3.05, 3.63) is 0 Å². The summed E-state index contributed by atoms with van der Waals surface area (Å²) in [4.78, 5) is 25.9. The van der Waals surface area contributed by atoms with E-state index in [9.17, 15) is 9.59 Å². The van der Waals surface area contributed by atoms with E-state index >= 15 is 0 Å². The Morgan fingerprint density at radius 2 is 0.893 bits per heavy atom. The Morgan fingerprint density at radius 3 is 1.11 bits per heavy atom. The second-order valence-electron chi connectivity index (χ2n) is 11.5. The third kappa shape index (κ3) is 13.2. The summed E-state index contributed by atoms with van der Waals surface area (Å²) in [5.41, 5.74) is -0.198. The van der Waals surface area contributed by atoms with E-state index < -0.39 is 11.8 Å². The summed E-state index contributed by atoms with van der Waals surface area (Å²) in [6.45, 7) is 21.5. The molecule has 0 N–H and O–H groups in total. The molecule has 0 saturated heterocycles. The first kappa shape index (κ1) is 26.9. The van der Waals surface area contributed by atoms with Crippen LogP contribution in [0.1, 0.15) is 94.9 Å². The molecule has 0 rings (SSSR count). The van der Waals surface area contributed by atoms with Crippen molar-refractivity contribution in [2.75, 3.05) is 13.2 Å². The first-order valence-corrected chi connectivity index (χ1v) is 11.0. The Bertz CT molecular complexity index is 422. The Balaban J connectivity index is 5.45. The molecule has 2 atom stereocenters. The second kappa shape index (κ2) is 11.8. The maximum atomic E-state index is 13.0. The zero-order chi connectivity index (χ0) is 22.1. The van der Waals surface area contributed by atoms with E-state index in [2.05, 4.69) is 27.7 Å². The van der Waals surface area contributed by atoms with Crippen LogP contribution in [0, 0.1) is 34.5 Å². The van der Waals surface area contributed by atoms with Crippen molar-refractivity contribution in [1.29, 1.82) is 0 Å². The molecule has 0 bridgehead atoms. The summed E-state index contributed by atoms with van der Waals surface area (Å²) < 4.78 is 11.3. The molecule has 0 fully saturated rings. The molecule has 0 aromatic heterocycles. The average molecular weight is 399 g/mol. The molecule has 0 radical (unpaired) electrons. The number of rotatable bonds is 11. The zero-order valence-corrected chi connectivity index (χ0v) is 20.2. The van der Waals surface area contributed by atoms with Gasteiger partial charge in [0.2, 0.25) is 0 Å². The van der Waals surface area contributed by atoms with Crippen molar-refractivity contribution in [2.24, 2.45) is 34.5 Å². The molecule has 0 heterocycles. The molecular formula is C24H46O4. The summed E-state index contributed by atoms with van der Waals surface area (Å²) in [7, 11) is 0. The highest BCUT2D eigenvalue weighted by Crippen LogP contribution is 2.30. The van der Waals surface area contributed by atoms with Gasteiger partial charge in [-0.15, -0.1) is 0 Å². The van der Waals surface area contributed by atoms with Crippen LogP contribution in [0.3, 0.4) is 0 Å². The number of carbonyl (C=O) groups is 2. The van der Waals surface area contributed by atoms with Gasteiger partial charge < -0.3 is 9.47 Å². The highest BCUT2D eigenvalue weighted by atomic mass is 16.5. The van der Waals surface area contributed by atoms with Gasteiger partial charge in [-0.2, -0.15) is 0 Å². The quantitative estimate of drug-likeness (QED) is 0.385. The van der Waals surface area contributed by atoms with Crippen molar-refractivity contribution < 1.29 is 19.1 Å². The van der Waals surface area contributed by atoms with Crippen LogP contribution in [-0.2, 0) is 19.1 Å². The zero-order valence-electron chi connectivity index (χ0n) is 20.2. The van der Waals surface area contributed by atoms with Gasteiger partial charge in [0.25, 0.3) is 0 Å². The van der Waals surface area contributed by atoms with Gasteiger partial charge in [0, 0.05) is 0 Å². The maximum Gasteiger partial charge on any atom is 0.309 e. The average Bonchev–Trinajstić information content (AvgIpc) is 2.51. The lowest BCUT2D eigenvalue weighted by molar-refractivity contribution is -0.164. The van der Waals surface area contributed by atoms with E-state index in [1.54, 1.807) is 0 Å². The van der Waals surface area contributed by atoms with Gasteiger partial charge in [-0.25, -0.2) is 0 Å². The van der Waals surface area contributed by atoms with Crippen LogP contribution >= 0.6 is 0 Å². The van der Waals surface area contributed by atoms with Gasteiger partial charge >= 0.3 is 11.9 Å². The van der Waals surface area contributed by atoms with Crippen LogP contribution in [0.4, 0.5) is 0 Å². The van der Waals surface area contributed by atoms with Crippen LogP contribution in [0.15, 0.2) is 0 Å². The van der Waals surface area contributed by atoms with Crippen LogP contribution in [0.5, 0.6) is 0 Å². The molecule has 0 aliphatic heterocycles. The Kier molecular flexibility index (Phi) is 11.4. The normalized spacial score (nSPS) is 14.9. The van der Waals surface area contributed by atoms with Crippen molar-refractivity contribution in [3.63, 3.8) is 0 Å². The monoisotopic (exact) mass is 398 g/mol. The molecule has 0 aromatic carbocycles. The summed E-state index contributed by atoms with van der Waals surface area (Å²) >= 11 is 0. The first-order chi connectivity index (χ1) is 12.6. The minimum Gasteiger partial charge on any atom is -0.465 e. The standard InChI is InChI=1S/C24H46O4/c1-17(2)11-13-19(21(25)27-15-23(5,6)7)20(14-12-18(3)4)22(26)28-16-24(8,9)10/h17-20H,11-16H2,1-10H3. The topological polar surface area (TPSA) is 52.6 Å². The van der Waals surface area contributed by atoms with E-state index in [1.807, 2.05) is 41.5 Å². The fourth-order valence-electron chi connectivity index (χ4n) is 2.78. The molecule has 0 aromatic rings. The van der Waals surface area contributed by atoms with Crippen LogP contribution in [0.25, 0.3) is 0 Å². The van der Waals surface area contributed by atoms with Gasteiger partial charge in [0.15, 0.2) is 0 Å². The summed E-state index contributed by atoms with van der Waals surface area (Å²) in [5.74, 6) is -0.440. The number of ether oxygens (including phenoxy) is 2. The van der Waals surface area contributed by atoms with E-state index in [4.69, 9.17) is 9.47 Å². The van der Waals surface area contributed by atoms with E-state index in [1.165, 1.54) is 0 Å². The molecule has 4 heteroatoms. The van der Waals surface area contributed by atoms with Crippen molar-refractivity contribution in [2.45, 2.75) is 94.9 Å². The highest BCUT2D eigenvalue weighted by Gasteiger charge is 2.36. The van der Waals surface area contributed by atoms with Gasteiger partial charge in [-0.05, 0) is 35.5 Å². The molecule has 2 unspecified atom stereocenters. The Hall–Kier alpha value is -1.06. The number of hydrogen-bond donors (Lipinski definition) is 0. The molecular weight excluding hydrogens is 352 g/mol. The molecule has 28 heavy (non-hydrogen) atoms. The third-order valence-electron chi connectivity index (χ3n) is 4.50. The minimum atomic E-state index is -0.434. The Morgan fingerprint density at radius 1 is 0.607 bits per heavy atom. The Labute approximate surface area is 174 Å². The van der Waals surface area contributed by atoms with Crippen LogP contribution in [-0.4, -0.2) is 25.2 Å². The number of carbonyl (C=O) groups excluding carboxylic acids is 2. The molecule has 0 saturated carbocycles. The SMILES string of the molecule is CC(C)CCC(C(=O)OCC(C)(C)C)C(CCC(C)C)C(=O)OCC(C)(C)C. The summed E-state index contributed by atoms with van der Waals surface area (Å²) in [5, 5.41) is 0. The molecule has 166 valence electrons. The number of esters is 2. The molecule has 0 amide bonds. The molecule has 4 nitrogen and oxygen atoms in total. The molecule has 0 spiro atoms. The lowest BCUT2D eigenvalue weighted by atomic mass is 9.82. The van der Waals surface area contributed by atoms with Gasteiger partial charge in [0.05, 0.1) is 25.0 Å². The minimum absolute atomic E-state index is 0.0988. The number of hydrogen-bond acceptors (Lipinski definition) is 4. The third-order valence-corrected chi connectivity index (χ3v) is 4.50. The van der Waals surface area contributed by atoms with Crippen molar-refractivity contribution in [3.8, 4) is 0 Å². The fourth-order valence-corrected chi connectivity index (χ4v) is 2.78. The van der Waals surface area contributed by atoms with Crippen molar-refractivity contribution in [1.82, 2.24) is 0 Å². The van der Waals surface area contributed by atoms with Gasteiger partial charge in [-0.3, -0.25) is 9.59 Å². The van der Waals surface area contributed by atoms with Gasteiger partial charge in [-0.1, -0.05) is 82.1 Å². The van der Waals surface area contributed by atoms with Crippen LogP contribution in [0.2, 0.25) is 0 Å². The smallest absolute Gasteiger partial charge is 0.309 e. The van der Waals surface area contributed by atoms with E-state index in [0.29, 0.717) is 37.9 Å². The summed E-state index contributed by atoms with van der Waals surface area (Å²) in [6.07, 6.45) is 3.10. The van der Waals surface area contributed by atoms with E-state index in [-0.39, 0.29) is 22.8 Å². The van der Waals surface area contributed by atoms with E-state index in [0.717, 1.165) is 12.8 Å². The largest absolute Gasteiger partial charge is 0.465 e. The lowest BCUT2D eigenvalue weighted by Crippen LogP contribution is -2.35. The maximum absolute atomic E-state index is 13.0. The lowest BCUT2D eigenvalue weighted by Gasteiger charge is -2.28. The summed E-state index contributed by atoms with van der Waals surface area (Å²) in [6, 6.07) is 0. The predicted octanol–water partition coefficient (Wildman–Crippen LogP) is 6.27. The molecule has 0 aliphatic carbocycles. The van der Waals surface area contributed by atoms with Crippen LogP contribution < -0.4 is 0 Å². The van der Waals surface area contributed by atoms with Crippen molar-refractivity contribution >= 4 is 11.9 Å². The van der Waals surface area contributed by atoms with Gasteiger partial charge in [0.1, 0.15) is 0 Å². The fraction of sp³-hybridized carbons (Fsp3) is 0.917. The highest BCUT2D eigenvalue weighted by molar-refractivity contribution is 5.82. The molecule has 0 aliphatic rings. The predicted molar refractivity (Wildman–Crippen MR) is 116 cm³/mol. The first-order valence-electron chi connectivity index (χ1n) is 11.0. The second-order valence-corrected chi connectivity index (χ2v) is 11.5.